The smallest absolute Gasteiger partial charge is 0.226 e. The summed E-state index contributed by atoms with van der Waals surface area (Å²) in [5, 5.41) is 0. The van der Waals surface area contributed by atoms with E-state index in [1.807, 2.05) is 0 Å². The van der Waals surface area contributed by atoms with E-state index in [2.05, 4.69) is 58.7 Å². The van der Waals surface area contributed by atoms with Crippen molar-refractivity contribution in [3.8, 4) is 0 Å². The molecule has 4 aliphatic rings. The molecule has 0 radical (unpaired) electrons. The van der Waals surface area contributed by atoms with E-state index in [1.54, 1.807) is 0 Å². The predicted octanol–water partition coefficient (Wildman–Crippen LogP) is 4.16. The zero-order valence-corrected chi connectivity index (χ0v) is 15.8. The summed E-state index contributed by atoms with van der Waals surface area (Å²) in [6, 6.07) is 8.90. The zero-order valence-electron chi connectivity index (χ0n) is 13.6. The predicted molar refractivity (Wildman–Crippen MR) is 98.0 cm³/mol. The molecular weight excluding hydrogens is 401 g/mol. The van der Waals surface area contributed by atoms with Crippen LogP contribution in [0.2, 0.25) is 0 Å². The Hall–Kier alpha value is -0.620. The molecule has 0 spiro atoms. The monoisotopic (exact) mass is 425 g/mol. The molecule has 4 fully saturated rings. The summed E-state index contributed by atoms with van der Waals surface area (Å²) >= 11 is 2.36. The molecule has 3 nitrogen and oxygen atoms in total. The molecule has 5 rings (SSSR count). The molecule has 1 amide bonds. The Kier molecular flexibility index (Phi) is 4.16. The Morgan fingerprint density at radius 3 is 2.96 bits per heavy atom. The highest BCUT2D eigenvalue weighted by Crippen LogP contribution is 2.58. The van der Waals surface area contributed by atoms with Gasteiger partial charge < -0.3 is 9.64 Å². The lowest BCUT2D eigenvalue weighted by Gasteiger charge is -2.38. The molecule has 124 valence electrons. The molecule has 1 aliphatic heterocycles. The first-order chi connectivity index (χ1) is 11.1. The fraction of sp³-hybridized carbons (Fsp3) is 0.632. The molecule has 1 aromatic carbocycles. The van der Waals surface area contributed by atoms with Crippen LogP contribution in [-0.4, -0.2) is 29.6 Å². The number of carbonyl (C=O) groups is 1. The van der Waals surface area contributed by atoms with Crippen molar-refractivity contribution < 1.29 is 9.53 Å². The van der Waals surface area contributed by atoms with Gasteiger partial charge in [-0.15, -0.1) is 0 Å². The summed E-state index contributed by atoms with van der Waals surface area (Å²) in [6.45, 7) is 3.74. The maximum absolute atomic E-state index is 13.2. The van der Waals surface area contributed by atoms with Crippen molar-refractivity contribution in [1.29, 1.82) is 0 Å². The Balaban J connectivity index is 1.50. The first-order valence-electron chi connectivity index (χ1n) is 8.82. The third-order valence-corrected chi connectivity index (χ3v) is 6.64. The molecule has 23 heavy (non-hydrogen) atoms. The SMILES string of the molecule is CCOC12CC(C1)[C@@H](C(=O)N1CCCC1c1cccc(I)c1)C2. The standard InChI is InChI=1S/C19H24INO2/c1-2-23-19-10-14(11-19)16(12-19)18(22)21-8-4-7-17(21)13-5-3-6-15(20)9-13/h3,5-6,9,14,16-17H,2,4,7-8,10-12H2,1H3/t14?,16-,17?,19?/m0/s1. The minimum atomic E-state index is 0.0388. The molecule has 1 saturated heterocycles. The minimum absolute atomic E-state index is 0.0388. The molecule has 3 aliphatic carbocycles. The van der Waals surface area contributed by atoms with E-state index >= 15 is 0 Å². The van der Waals surface area contributed by atoms with E-state index in [9.17, 15) is 4.79 Å². The van der Waals surface area contributed by atoms with Crippen LogP contribution in [-0.2, 0) is 9.53 Å². The van der Waals surface area contributed by atoms with Gasteiger partial charge in [-0.25, -0.2) is 0 Å². The van der Waals surface area contributed by atoms with E-state index in [-0.39, 0.29) is 17.6 Å². The average Bonchev–Trinajstić information content (AvgIpc) is 3.19. The number of nitrogens with zero attached hydrogens (tertiary/aromatic N) is 1. The molecule has 0 N–H and O–H groups in total. The normalized spacial score (nSPS) is 35.4. The maximum Gasteiger partial charge on any atom is 0.226 e. The second kappa shape index (κ2) is 6.03. The van der Waals surface area contributed by atoms with Gasteiger partial charge in [-0.05, 0) is 85.2 Å². The van der Waals surface area contributed by atoms with Gasteiger partial charge in [-0.3, -0.25) is 4.79 Å². The highest BCUT2D eigenvalue weighted by molar-refractivity contribution is 14.1. The van der Waals surface area contributed by atoms with Gasteiger partial charge in [0.2, 0.25) is 5.91 Å². The van der Waals surface area contributed by atoms with Crippen LogP contribution in [0.15, 0.2) is 24.3 Å². The summed E-state index contributed by atoms with van der Waals surface area (Å²) < 4.78 is 7.20. The third-order valence-electron chi connectivity index (χ3n) is 5.97. The number of carbonyl (C=O) groups excluding carboxylic acids is 1. The lowest BCUT2D eigenvalue weighted by atomic mass is 9.78. The zero-order chi connectivity index (χ0) is 16.0. The lowest BCUT2D eigenvalue weighted by Crippen LogP contribution is -2.39. The number of hydrogen-bond acceptors (Lipinski definition) is 2. The van der Waals surface area contributed by atoms with Crippen molar-refractivity contribution in [2.24, 2.45) is 11.8 Å². The summed E-state index contributed by atoms with van der Waals surface area (Å²) in [6.07, 6.45) is 5.35. The first-order valence-corrected chi connectivity index (χ1v) is 9.90. The van der Waals surface area contributed by atoms with Gasteiger partial charge in [0.25, 0.3) is 0 Å². The number of benzene rings is 1. The third kappa shape index (κ3) is 2.72. The second-order valence-corrected chi connectivity index (χ2v) is 8.59. The molecule has 2 atom stereocenters. The van der Waals surface area contributed by atoms with E-state index in [0.717, 1.165) is 45.3 Å². The first kappa shape index (κ1) is 15.9. The fourth-order valence-corrected chi connectivity index (χ4v) is 5.56. The summed E-state index contributed by atoms with van der Waals surface area (Å²) in [4.78, 5) is 15.3. The van der Waals surface area contributed by atoms with Crippen LogP contribution in [0.5, 0.6) is 0 Å². The number of halogens is 1. The number of ether oxygens (including phenoxy) is 1. The lowest BCUT2D eigenvalue weighted by molar-refractivity contribution is -0.137. The quantitative estimate of drug-likeness (QED) is 0.679. The van der Waals surface area contributed by atoms with Crippen molar-refractivity contribution in [2.45, 2.75) is 50.7 Å². The molecule has 0 aromatic heterocycles. The van der Waals surface area contributed by atoms with Crippen LogP contribution in [0, 0.1) is 15.4 Å². The van der Waals surface area contributed by atoms with Gasteiger partial charge in [-0.1, -0.05) is 12.1 Å². The Labute approximate surface area is 151 Å². The van der Waals surface area contributed by atoms with E-state index in [0.29, 0.717) is 11.8 Å². The van der Waals surface area contributed by atoms with Gasteiger partial charge >= 0.3 is 0 Å². The van der Waals surface area contributed by atoms with Crippen molar-refractivity contribution >= 4 is 28.5 Å². The summed E-state index contributed by atoms with van der Waals surface area (Å²) in [7, 11) is 0. The van der Waals surface area contributed by atoms with Crippen LogP contribution in [0.25, 0.3) is 0 Å². The van der Waals surface area contributed by atoms with Crippen molar-refractivity contribution in [1.82, 2.24) is 4.90 Å². The van der Waals surface area contributed by atoms with Crippen LogP contribution in [0.4, 0.5) is 0 Å². The number of hydrogen-bond donors (Lipinski definition) is 0. The topological polar surface area (TPSA) is 29.5 Å². The van der Waals surface area contributed by atoms with E-state index < -0.39 is 0 Å². The van der Waals surface area contributed by atoms with Crippen molar-refractivity contribution in [3.63, 3.8) is 0 Å². The van der Waals surface area contributed by atoms with Gasteiger partial charge in [0, 0.05) is 22.6 Å². The molecule has 3 saturated carbocycles. The largest absolute Gasteiger partial charge is 0.375 e. The van der Waals surface area contributed by atoms with Crippen molar-refractivity contribution in [2.75, 3.05) is 13.2 Å². The van der Waals surface area contributed by atoms with Crippen LogP contribution >= 0.6 is 22.6 Å². The maximum atomic E-state index is 13.2. The molecule has 1 aromatic rings. The van der Waals surface area contributed by atoms with E-state index in [4.69, 9.17) is 4.74 Å². The number of fused-ring (bicyclic) bond motifs is 1. The van der Waals surface area contributed by atoms with Gasteiger partial charge in [-0.2, -0.15) is 0 Å². The van der Waals surface area contributed by atoms with Crippen LogP contribution < -0.4 is 0 Å². The van der Waals surface area contributed by atoms with Gasteiger partial charge in [0.15, 0.2) is 0 Å². The number of rotatable bonds is 4. The van der Waals surface area contributed by atoms with Gasteiger partial charge in [0.1, 0.15) is 0 Å². The van der Waals surface area contributed by atoms with E-state index in [1.165, 1.54) is 9.13 Å². The van der Waals surface area contributed by atoms with Crippen molar-refractivity contribution in [3.05, 3.63) is 33.4 Å². The molecule has 2 bridgehead atoms. The van der Waals surface area contributed by atoms with Crippen LogP contribution in [0.3, 0.4) is 0 Å². The Morgan fingerprint density at radius 2 is 2.22 bits per heavy atom. The average molecular weight is 425 g/mol. The Morgan fingerprint density at radius 1 is 1.39 bits per heavy atom. The number of amides is 1. The highest BCUT2D eigenvalue weighted by atomic mass is 127. The Bertz CT molecular complexity index is 611. The fourth-order valence-electron chi connectivity index (χ4n) is 4.99. The molecular formula is C19H24INO2. The summed E-state index contributed by atoms with van der Waals surface area (Å²) in [5.74, 6) is 1.14. The minimum Gasteiger partial charge on any atom is -0.375 e. The van der Waals surface area contributed by atoms with Gasteiger partial charge in [0.05, 0.1) is 11.6 Å². The number of likely N-dealkylation sites (tertiary alicyclic amines) is 1. The molecule has 4 heteroatoms. The highest BCUT2D eigenvalue weighted by Gasteiger charge is 2.60. The van der Waals surface area contributed by atoms with Crippen LogP contribution in [0.1, 0.15) is 50.6 Å². The molecule has 1 heterocycles. The second-order valence-electron chi connectivity index (χ2n) is 7.34. The molecule has 1 unspecified atom stereocenters. The summed E-state index contributed by atoms with van der Waals surface area (Å²) in [5.41, 5.74) is 1.34.